The van der Waals surface area contributed by atoms with Gasteiger partial charge in [-0.1, -0.05) is 12.1 Å². The van der Waals surface area contributed by atoms with E-state index in [4.69, 9.17) is 9.47 Å². The van der Waals surface area contributed by atoms with Crippen LogP contribution in [0.4, 0.5) is 13.2 Å². The molecule has 3 nitrogen and oxygen atoms in total. The Bertz CT molecular complexity index is 437. The Morgan fingerprint density at radius 2 is 2.00 bits per heavy atom. The van der Waals surface area contributed by atoms with Crippen molar-refractivity contribution >= 4 is 0 Å². The minimum Gasteiger partial charge on any atom is -0.486 e. The van der Waals surface area contributed by atoms with Crippen molar-refractivity contribution in [2.24, 2.45) is 0 Å². The fourth-order valence-electron chi connectivity index (χ4n) is 2.27. The number of hydrogen-bond donors (Lipinski definition) is 1. The molecular formula is C14H18F3NO2. The topological polar surface area (TPSA) is 30.5 Å². The molecule has 1 N–H and O–H groups in total. The Morgan fingerprint density at radius 1 is 1.30 bits per heavy atom. The molecule has 2 unspecified atom stereocenters. The van der Waals surface area contributed by atoms with Gasteiger partial charge >= 0.3 is 6.18 Å². The maximum absolute atomic E-state index is 12.2. The average Bonchev–Trinajstić information content (AvgIpc) is 2.42. The first-order chi connectivity index (χ1) is 9.49. The summed E-state index contributed by atoms with van der Waals surface area (Å²) in [5, 5.41) is 3.02. The van der Waals surface area contributed by atoms with Crippen LogP contribution in [0.2, 0.25) is 0 Å². The molecule has 1 aliphatic heterocycles. The quantitative estimate of drug-likeness (QED) is 0.903. The van der Waals surface area contributed by atoms with E-state index in [1.165, 1.54) is 0 Å². The van der Waals surface area contributed by atoms with Gasteiger partial charge in [0.25, 0.3) is 0 Å². The van der Waals surface area contributed by atoms with Crippen LogP contribution in [-0.4, -0.2) is 32.0 Å². The van der Waals surface area contributed by atoms with E-state index in [1.54, 1.807) is 13.1 Å². The standard InChI is InChI=1S/C14H18F3NO2/c1-18-10(5-4-8-14(15,16)17)13-9-19-11-6-2-3-7-12(11)20-13/h2-3,6-7,10,13,18H,4-5,8-9H2,1H3. The highest BCUT2D eigenvalue weighted by Crippen LogP contribution is 2.32. The van der Waals surface area contributed by atoms with Gasteiger partial charge in [-0.2, -0.15) is 13.2 Å². The van der Waals surface area contributed by atoms with Gasteiger partial charge in [-0.25, -0.2) is 0 Å². The van der Waals surface area contributed by atoms with E-state index in [9.17, 15) is 13.2 Å². The second-order valence-electron chi connectivity index (χ2n) is 4.82. The number of para-hydroxylation sites is 2. The summed E-state index contributed by atoms with van der Waals surface area (Å²) in [4.78, 5) is 0. The summed E-state index contributed by atoms with van der Waals surface area (Å²) in [7, 11) is 1.72. The Labute approximate surface area is 116 Å². The highest BCUT2D eigenvalue weighted by atomic mass is 19.4. The molecule has 0 aromatic heterocycles. The Kier molecular flexibility index (Phi) is 4.75. The molecule has 112 valence electrons. The van der Waals surface area contributed by atoms with Crippen molar-refractivity contribution in [1.82, 2.24) is 5.32 Å². The fourth-order valence-corrected chi connectivity index (χ4v) is 2.27. The molecule has 1 heterocycles. The molecule has 0 fully saturated rings. The van der Waals surface area contributed by atoms with Gasteiger partial charge in [0.2, 0.25) is 0 Å². The first-order valence-electron chi connectivity index (χ1n) is 6.62. The molecule has 0 saturated heterocycles. The molecule has 20 heavy (non-hydrogen) atoms. The van der Waals surface area contributed by atoms with E-state index >= 15 is 0 Å². The number of fused-ring (bicyclic) bond motifs is 1. The molecule has 0 saturated carbocycles. The molecule has 2 atom stereocenters. The van der Waals surface area contributed by atoms with Crippen molar-refractivity contribution in [3.05, 3.63) is 24.3 Å². The maximum atomic E-state index is 12.2. The van der Waals surface area contributed by atoms with Crippen LogP contribution in [0, 0.1) is 0 Å². The molecule has 2 rings (SSSR count). The maximum Gasteiger partial charge on any atom is 0.389 e. The van der Waals surface area contributed by atoms with E-state index in [2.05, 4.69) is 5.32 Å². The molecule has 1 aromatic carbocycles. The lowest BCUT2D eigenvalue weighted by molar-refractivity contribution is -0.136. The van der Waals surface area contributed by atoms with Crippen molar-refractivity contribution < 1.29 is 22.6 Å². The SMILES string of the molecule is CNC(CCCC(F)(F)F)C1COc2ccccc2O1. The molecule has 0 spiro atoms. The normalized spacial score (nSPS) is 19.7. The van der Waals surface area contributed by atoms with Gasteiger partial charge in [-0.15, -0.1) is 0 Å². The zero-order valence-corrected chi connectivity index (χ0v) is 11.2. The molecular weight excluding hydrogens is 271 g/mol. The molecule has 0 radical (unpaired) electrons. The monoisotopic (exact) mass is 289 g/mol. The van der Waals surface area contributed by atoms with Crippen LogP contribution in [-0.2, 0) is 0 Å². The van der Waals surface area contributed by atoms with Gasteiger partial charge in [0, 0.05) is 12.5 Å². The van der Waals surface area contributed by atoms with Crippen molar-refractivity contribution in [3.63, 3.8) is 0 Å². The Morgan fingerprint density at radius 3 is 2.65 bits per heavy atom. The van der Waals surface area contributed by atoms with Gasteiger partial charge in [0.15, 0.2) is 11.5 Å². The summed E-state index contributed by atoms with van der Waals surface area (Å²) in [5.41, 5.74) is 0. The summed E-state index contributed by atoms with van der Waals surface area (Å²) < 4.78 is 47.9. The van der Waals surface area contributed by atoms with Crippen LogP contribution in [0.15, 0.2) is 24.3 Å². The largest absolute Gasteiger partial charge is 0.486 e. The van der Waals surface area contributed by atoms with E-state index in [1.807, 2.05) is 18.2 Å². The third-order valence-electron chi connectivity index (χ3n) is 3.33. The number of rotatable bonds is 5. The molecule has 6 heteroatoms. The number of ether oxygens (including phenoxy) is 2. The summed E-state index contributed by atoms with van der Waals surface area (Å²) in [6, 6.07) is 7.13. The van der Waals surface area contributed by atoms with E-state index < -0.39 is 12.6 Å². The Balaban J connectivity index is 1.90. The number of nitrogens with one attached hydrogen (secondary N) is 1. The highest BCUT2D eigenvalue weighted by molar-refractivity contribution is 5.40. The van der Waals surface area contributed by atoms with E-state index in [0.29, 0.717) is 24.5 Å². The second kappa shape index (κ2) is 6.35. The van der Waals surface area contributed by atoms with Crippen molar-refractivity contribution in [2.75, 3.05) is 13.7 Å². The lowest BCUT2D eigenvalue weighted by atomic mass is 10.0. The molecule has 0 amide bonds. The zero-order chi connectivity index (χ0) is 14.6. The van der Waals surface area contributed by atoms with Gasteiger partial charge in [-0.3, -0.25) is 0 Å². The first-order valence-corrected chi connectivity index (χ1v) is 6.62. The zero-order valence-electron chi connectivity index (χ0n) is 11.2. The molecule has 0 bridgehead atoms. The van der Waals surface area contributed by atoms with Crippen LogP contribution in [0.1, 0.15) is 19.3 Å². The van der Waals surface area contributed by atoms with E-state index in [-0.39, 0.29) is 18.6 Å². The van der Waals surface area contributed by atoms with Crippen molar-refractivity contribution in [3.8, 4) is 11.5 Å². The molecule has 1 aliphatic rings. The van der Waals surface area contributed by atoms with Gasteiger partial charge in [0.1, 0.15) is 12.7 Å². The average molecular weight is 289 g/mol. The minimum atomic E-state index is -4.10. The van der Waals surface area contributed by atoms with Crippen LogP contribution in [0.3, 0.4) is 0 Å². The number of alkyl halides is 3. The number of likely N-dealkylation sites (N-methyl/N-ethyl adjacent to an activating group) is 1. The predicted octanol–water partition coefficient (Wildman–Crippen LogP) is 3.15. The predicted molar refractivity (Wildman–Crippen MR) is 69.1 cm³/mol. The third kappa shape index (κ3) is 4.03. The molecule has 0 aliphatic carbocycles. The number of hydrogen-bond acceptors (Lipinski definition) is 3. The summed E-state index contributed by atoms with van der Waals surface area (Å²) in [6.07, 6.45) is -4.67. The first kappa shape index (κ1) is 15.0. The van der Waals surface area contributed by atoms with Crippen LogP contribution in [0.5, 0.6) is 11.5 Å². The van der Waals surface area contributed by atoms with Crippen molar-refractivity contribution in [1.29, 1.82) is 0 Å². The van der Waals surface area contributed by atoms with Gasteiger partial charge in [0.05, 0.1) is 0 Å². The van der Waals surface area contributed by atoms with Gasteiger partial charge < -0.3 is 14.8 Å². The summed E-state index contributed by atoms with van der Waals surface area (Å²) in [5.74, 6) is 1.31. The minimum absolute atomic E-state index is 0.0799. The van der Waals surface area contributed by atoms with Crippen LogP contribution in [0.25, 0.3) is 0 Å². The summed E-state index contributed by atoms with van der Waals surface area (Å²) in [6.45, 7) is 0.342. The lowest BCUT2D eigenvalue weighted by Gasteiger charge is -2.32. The van der Waals surface area contributed by atoms with Crippen LogP contribution < -0.4 is 14.8 Å². The van der Waals surface area contributed by atoms with E-state index in [0.717, 1.165) is 0 Å². The smallest absolute Gasteiger partial charge is 0.389 e. The number of benzene rings is 1. The summed E-state index contributed by atoms with van der Waals surface area (Å²) >= 11 is 0. The molecule has 1 aromatic rings. The van der Waals surface area contributed by atoms with Gasteiger partial charge in [-0.05, 0) is 32.0 Å². The highest BCUT2D eigenvalue weighted by Gasteiger charge is 2.30. The fraction of sp³-hybridized carbons (Fsp3) is 0.571. The van der Waals surface area contributed by atoms with Crippen molar-refractivity contribution in [2.45, 2.75) is 37.6 Å². The second-order valence-corrected chi connectivity index (χ2v) is 4.82. The lowest BCUT2D eigenvalue weighted by Crippen LogP contribution is -2.46. The number of halogens is 3. The third-order valence-corrected chi connectivity index (χ3v) is 3.33. The van der Waals surface area contributed by atoms with Crippen LogP contribution >= 0.6 is 0 Å². The Hall–Kier alpha value is -1.43.